The maximum Gasteiger partial charge on any atom is 0.472 e. The van der Waals surface area contributed by atoms with Crippen LogP contribution < -0.4 is 0 Å². The molecule has 1 N–H and O–H groups in total. The smallest absolute Gasteiger partial charge is 0.302 e. The molecule has 0 aliphatic carbocycles. The highest BCUT2D eigenvalue weighted by Crippen LogP contribution is 2.47. The van der Waals surface area contributed by atoms with E-state index in [1.165, 1.54) is 167 Å². The molecule has 0 aliphatic rings. The highest BCUT2D eigenvalue weighted by atomic mass is 31.2. The largest absolute Gasteiger partial charge is 0.472 e. The van der Waals surface area contributed by atoms with Crippen LogP contribution in [0.2, 0.25) is 0 Å². The van der Waals surface area contributed by atoms with Gasteiger partial charge in [-0.2, -0.15) is 0 Å². The summed E-state index contributed by atoms with van der Waals surface area (Å²) in [6.07, 6.45) is 38.6. The molecule has 0 bridgehead atoms. The minimum absolute atomic E-state index is 0.239. The van der Waals surface area contributed by atoms with Crippen LogP contribution in [0.5, 0.6) is 0 Å². The molecule has 2 unspecified atom stereocenters. The monoisotopic (exact) mass is 603 g/mol. The van der Waals surface area contributed by atoms with Crippen molar-refractivity contribution in [3.8, 4) is 0 Å². The van der Waals surface area contributed by atoms with E-state index in [1.807, 2.05) is 13.8 Å². The normalized spacial score (nSPS) is 14.8. The number of unbranched alkanes of at least 4 members (excludes halogenated alkanes) is 26. The molecule has 0 fully saturated rings. The number of phosphoric acid groups is 1. The summed E-state index contributed by atoms with van der Waals surface area (Å²) in [6.45, 7) is 8.35. The van der Waals surface area contributed by atoms with Gasteiger partial charge in [-0.3, -0.25) is 9.05 Å². The minimum atomic E-state index is -3.98. The Kier molecular flexibility index (Phi) is 31.6. The number of hydrogen-bond acceptors (Lipinski definition) is 3. The molecule has 0 aromatic heterocycles. The topological polar surface area (TPSA) is 55.8 Å². The van der Waals surface area contributed by atoms with E-state index in [1.54, 1.807) is 0 Å². The van der Waals surface area contributed by atoms with Crippen molar-refractivity contribution < 1.29 is 18.5 Å². The zero-order chi connectivity index (χ0) is 30.3. The van der Waals surface area contributed by atoms with Crippen LogP contribution in [0.25, 0.3) is 0 Å². The van der Waals surface area contributed by atoms with Gasteiger partial charge >= 0.3 is 7.82 Å². The Balaban J connectivity index is 3.53. The van der Waals surface area contributed by atoms with Crippen LogP contribution in [0, 0.1) is 0 Å². The molecule has 0 radical (unpaired) electrons. The van der Waals surface area contributed by atoms with Gasteiger partial charge in [-0.15, -0.1) is 0 Å². The average Bonchev–Trinajstić information content (AvgIpc) is 2.92. The second-order valence-electron chi connectivity index (χ2n) is 13.1. The lowest BCUT2D eigenvalue weighted by molar-refractivity contribution is 0.0781. The van der Waals surface area contributed by atoms with Crippen LogP contribution in [-0.2, 0) is 13.6 Å². The first kappa shape index (κ1) is 41.1. The summed E-state index contributed by atoms with van der Waals surface area (Å²) in [5, 5.41) is 0. The molecule has 0 saturated heterocycles. The van der Waals surface area contributed by atoms with Crippen molar-refractivity contribution in [3.05, 3.63) is 0 Å². The van der Waals surface area contributed by atoms with Crippen LogP contribution in [0.15, 0.2) is 0 Å². The van der Waals surface area contributed by atoms with E-state index in [0.29, 0.717) is 0 Å². The van der Waals surface area contributed by atoms with E-state index < -0.39 is 7.82 Å². The van der Waals surface area contributed by atoms with Crippen molar-refractivity contribution >= 4 is 7.82 Å². The Morgan fingerprint density at radius 2 is 0.610 bits per heavy atom. The maximum atomic E-state index is 12.4. The van der Waals surface area contributed by atoms with Crippen LogP contribution >= 0.6 is 7.82 Å². The maximum absolute atomic E-state index is 12.4. The van der Waals surface area contributed by atoms with Crippen molar-refractivity contribution in [3.63, 3.8) is 0 Å². The standard InChI is InChI=1S/C36H75O4P/c1-5-7-9-11-13-15-17-19-21-23-25-27-29-31-33-35(3)39-41(37,38)40-36(4)34-32-30-28-26-24-22-20-18-16-14-12-10-8-6-2/h35-36H,5-34H2,1-4H3,(H,37,38). The fraction of sp³-hybridized carbons (Fsp3) is 1.00. The van der Waals surface area contributed by atoms with E-state index in [4.69, 9.17) is 9.05 Å². The first-order chi connectivity index (χ1) is 19.9. The van der Waals surface area contributed by atoms with Gasteiger partial charge < -0.3 is 4.89 Å². The van der Waals surface area contributed by atoms with Crippen molar-refractivity contribution in [2.75, 3.05) is 0 Å². The second kappa shape index (κ2) is 31.5. The van der Waals surface area contributed by atoms with Crippen molar-refractivity contribution in [1.29, 1.82) is 0 Å². The van der Waals surface area contributed by atoms with Gasteiger partial charge in [0.1, 0.15) is 0 Å². The molecular formula is C36H75O4P. The third-order valence-electron chi connectivity index (χ3n) is 8.55. The van der Waals surface area contributed by atoms with Crippen LogP contribution in [0.4, 0.5) is 0 Å². The molecule has 0 aromatic rings. The first-order valence-corrected chi connectivity index (χ1v) is 20.1. The number of phosphoric ester groups is 1. The molecule has 2 atom stereocenters. The lowest BCUT2D eigenvalue weighted by Crippen LogP contribution is -2.12. The summed E-state index contributed by atoms with van der Waals surface area (Å²) >= 11 is 0. The fourth-order valence-electron chi connectivity index (χ4n) is 5.84. The Bertz CT molecular complexity index is 512. The van der Waals surface area contributed by atoms with Gasteiger partial charge in [0.15, 0.2) is 0 Å². The molecular weight excluding hydrogens is 527 g/mol. The zero-order valence-electron chi connectivity index (χ0n) is 28.5. The molecule has 0 rings (SSSR count). The van der Waals surface area contributed by atoms with Crippen LogP contribution in [0.1, 0.15) is 220 Å². The summed E-state index contributed by atoms with van der Waals surface area (Å²) < 4.78 is 23.3. The lowest BCUT2D eigenvalue weighted by Gasteiger charge is -2.21. The van der Waals surface area contributed by atoms with E-state index in [0.717, 1.165) is 25.7 Å². The van der Waals surface area contributed by atoms with Gasteiger partial charge in [-0.25, -0.2) is 4.57 Å². The fourth-order valence-corrected chi connectivity index (χ4v) is 7.01. The molecule has 41 heavy (non-hydrogen) atoms. The molecule has 4 nitrogen and oxygen atoms in total. The molecule has 0 heterocycles. The van der Waals surface area contributed by atoms with Gasteiger partial charge in [-0.1, -0.05) is 194 Å². The zero-order valence-corrected chi connectivity index (χ0v) is 29.4. The highest BCUT2D eigenvalue weighted by Gasteiger charge is 2.26. The third-order valence-corrected chi connectivity index (χ3v) is 9.81. The Hall–Kier alpha value is 0.110. The summed E-state index contributed by atoms with van der Waals surface area (Å²) in [5.74, 6) is 0. The molecule has 0 amide bonds. The second-order valence-corrected chi connectivity index (χ2v) is 14.4. The molecule has 0 aliphatic heterocycles. The predicted octanol–water partition coefficient (Wildman–Crippen LogP) is 13.6. The van der Waals surface area contributed by atoms with Gasteiger partial charge in [-0.05, 0) is 26.7 Å². The quantitative estimate of drug-likeness (QED) is 0.0588. The van der Waals surface area contributed by atoms with E-state index in [-0.39, 0.29) is 12.2 Å². The average molecular weight is 603 g/mol. The molecule has 5 heteroatoms. The number of hydrogen-bond donors (Lipinski definition) is 1. The lowest BCUT2D eigenvalue weighted by atomic mass is 10.0. The number of rotatable bonds is 34. The Labute approximate surface area is 258 Å². The molecule has 0 spiro atoms. The van der Waals surface area contributed by atoms with E-state index in [2.05, 4.69) is 13.8 Å². The Morgan fingerprint density at radius 1 is 0.415 bits per heavy atom. The van der Waals surface area contributed by atoms with Gasteiger partial charge in [0.2, 0.25) is 0 Å². The summed E-state index contributed by atoms with van der Waals surface area (Å²) in [5.41, 5.74) is 0. The van der Waals surface area contributed by atoms with Crippen molar-refractivity contribution in [2.45, 2.75) is 233 Å². The van der Waals surface area contributed by atoms with E-state index in [9.17, 15) is 9.46 Å². The van der Waals surface area contributed by atoms with Crippen molar-refractivity contribution in [1.82, 2.24) is 0 Å². The third kappa shape index (κ3) is 32.9. The molecule has 0 saturated carbocycles. The van der Waals surface area contributed by atoms with E-state index >= 15 is 0 Å². The minimum Gasteiger partial charge on any atom is -0.302 e. The van der Waals surface area contributed by atoms with Gasteiger partial charge in [0.05, 0.1) is 12.2 Å². The summed E-state index contributed by atoms with van der Waals surface area (Å²) in [4.78, 5) is 10.2. The van der Waals surface area contributed by atoms with Crippen molar-refractivity contribution in [2.24, 2.45) is 0 Å². The summed E-state index contributed by atoms with van der Waals surface area (Å²) in [6, 6.07) is 0. The highest BCUT2D eigenvalue weighted by molar-refractivity contribution is 7.47. The Morgan fingerprint density at radius 3 is 0.829 bits per heavy atom. The SMILES string of the molecule is CCCCCCCCCCCCCCCCC(C)OP(=O)(O)OC(C)CCCCCCCCCCCCCCCC. The van der Waals surface area contributed by atoms with Gasteiger partial charge in [0, 0.05) is 0 Å². The predicted molar refractivity (Wildman–Crippen MR) is 181 cm³/mol. The van der Waals surface area contributed by atoms with Crippen LogP contribution in [0.3, 0.4) is 0 Å². The first-order valence-electron chi connectivity index (χ1n) is 18.6. The molecule has 248 valence electrons. The summed E-state index contributed by atoms with van der Waals surface area (Å²) in [7, 11) is -3.98. The van der Waals surface area contributed by atoms with Crippen LogP contribution in [-0.4, -0.2) is 17.1 Å². The van der Waals surface area contributed by atoms with Gasteiger partial charge in [0.25, 0.3) is 0 Å². The molecule has 0 aromatic carbocycles.